The maximum atomic E-state index is 11.6. The fourth-order valence-corrected chi connectivity index (χ4v) is 2.17. The molecule has 0 saturated carbocycles. The fraction of sp³-hybridized carbons (Fsp3) is 0.545. The van der Waals surface area contributed by atoms with Crippen LogP contribution < -0.4 is 10.5 Å². The molecule has 1 saturated heterocycles. The molecular formula is C11H15N3O3. The van der Waals surface area contributed by atoms with Crippen LogP contribution in [0.3, 0.4) is 0 Å². The lowest BCUT2D eigenvalue weighted by atomic mass is 10.1. The summed E-state index contributed by atoms with van der Waals surface area (Å²) >= 11 is 0. The topological polar surface area (TPSA) is 86.3 Å². The molecule has 0 bridgehead atoms. The van der Waals surface area contributed by atoms with E-state index in [4.69, 9.17) is 0 Å². The molecule has 0 aliphatic carbocycles. The van der Waals surface area contributed by atoms with Gasteiger partial charge in [-0.1, -0.05) is 12.8 Å². The van der Waals surface area contributed by atoms with Crippen molar-refractivity contribution in [1.82, 2.24) is 9.97 Å². The van der Waals surface area contributed by atoms with Gasteiger partial charge in [-0.05, 0) is 12.8 Å². The van der Waals surface area contributed by atoms with E-state index in [0.29, 0.717) is 13.0 Å². The summed E-state index contributed by atoms with van der Waals surface area (Å²) in [7, 11) is 0. The Bertz CT molecular complexity index is 457. The Morgan fingerprint density at radius 1 is 1.47 bits per heavy atom. The number of rotatable bonds is 2. The third kappa shape index (κ3) is 2.46. The lowest BCUT2D eigenvalue weighted by molar-refractivity contribution is -0.138. The summed E-state index contributed by atoms with van der Waals surface area (Å²) in [6.45, 7) is 0.567. The van der Waals surface area contributed by atoms with E-state index in [-0.39, 0.29) is 11.4 Å². The van der Waals surface area contributed by atoms with Crippen LogP contribution in [0.2, 0.25) is 0 Å². The first-order chi connectivity index (χ1) is 8.20. The number of carboxylic acid groups (broad SMARTS) is 1. The molecule has 6 nitrogen and oxygen atoms in total. The van der Waals surface area contributed by atoms with Gasteiger partial charge in [0.2, 0.25) is 0 Å². The quantitative estimate of drug-likeness (QED) is 0.786. The van der Waals surface area contributed by atoms with Crippen LogP contribution in [0.25, 0.3) is 0 Å². The van der Waals surface area contributed by atoms with E-state index >= 15 is 0 Å². The molecule has 1 fully saturated rings. The molecule has 1 aromatic heterocycles. The van der Waals surface area contributed by atoms with Gasteiger partial charge in [0.05, 0.1) is 0 Å². The van der Waals surface area contributed by atoms with E-state index < -0.39 is 12.0 Å². The summed E-state index contributed by atoms with van der Waals surface area (Å²) < 4.78 is 0. The largest absolute Gasteiger partial charge is 0.480 e. The van der Waals surface area contributed by atoms with Crippen molar-refractivity contribution < 1.29 is 9.90 Å². The molecule has 92 valence electrons. The van der Waals surface area contributed by atoms with Gasteiger partial charge in [-0.3, -0.25) is 4.79 Å². The van der Waals surface area contributed by atoms with Crippen LogP contribution in [-0.2, 0) is 4.79 Å². The van der Waals surface area contributed by atoms with E-state index in [1.807, 2.05) is 0 Å². The van der Waals surface area contributed by atoms with Crippen molar-refractivity contribution in [2.45, 2.75) is 31.7 Å². The number of nitrogens with one attached hydrogen (secondary N) is 1. The summed E-state index contributed by atoms with van der Waals surface area (Å²) in [5, 5.41) is 9.20. The van der Waals surface area contributed by atoms with Gasteiger partial charge in [-0.25, -0.2) is 9.78 Å². The Morgan fingerprint density at radius 2 is 2.29 bits per heavy atom. The molecule has 1 unspecified atom stereocenters. The van der Waals surface area contributed by atoms with Crippen LogP contribution in [0.4, 0.5) is 5.82 Å². The van der Waals surface area contributed by atoms with Crippen LogP contribution in [0.5, 0.6) is 0 Å². The van der Waals surface area contributed by atoms with Gasteiger partial charge < -0.3 is 15.0 Å². The molecule has 0 aromatic carbocycles. The summed E-state index contributed by atoms with van der Waals surface area (Å²) in [6.07, 6.45) is 6.23. The Morgan fingerprint density at radius 3 is 3.00 bits per heavy atom. The average Bonchev–Trinajstić information content (AvgIpc) is 2.55. The number of nitrogens with zero attached hydrogens (tertiary/aromatic N) is 2. The second-order valence-electron chi connectivity index (χ2n) is 4.14. The smallest absolute Gasteiger partial charge is 0.326 e. The summed E-state index contributed by atoms with van der Waals surface area (Å²) in [4.78, 5) is 31.0. The van der Waals surface area contributed by atoms with Gasteiger partial charge in [0, 0.05) is 18.9 Å². The number of anilines is 1. The lowest BCUT2D eigenvalue weighted by Gasteiger charge is -2.26. The van der Waals surface area contributed by atoms with Gasteiger partial charge in [0.25, 0.3) is 5.56 Å². The molecule has 1 aromatic rings. The Balaban J connectivity index is 2.35. The number of aromatic nitrogens is 2. The van der Waals surface area contributed by atoms with Crippen molar-refractivity contribution in [2.24, 2.45) is 0 Å². The average molecular weight is 237 g/mol. The Labute approximate surface area is 98.3 Å². The zero-order chi connectivity index (χ0) is 12.3. The highest BCUT2D eigenvalue weighted by molar-refractivity contribution is 5.77. The highest BCUT2D eigenvalue weighted by Crippen LogP contribution is 2.20. The molecule has 17 heavy (non-hydrogen) atoms. The van der Waals surface area contributed by atoms with Crippen molar-refractivity contribution in [3.05, 3.63) is 22.7 Å². The van der Waals surface area contributed by atoms with Crippen molar-refractivity contribution in [3.8, 4) is 0 Å². The number of aliphatic carboxylic acids is 1. The van der Waals surface area contributed by atoms with E-state index in [1.165, 1.54) is 12.4 Å². The van der Waals surface area contributed by atoms with Gasteiger partial charge in [0.1, 0.15) is 6.04 Å². The predicted molar refractivity (Wildman–Crippen MR) is 62.1 cm³/mol. The zero-order valence-electron chi connectivity index (χ0n) is 9.43. The first-order valence-electron chi connectivity index (χ1n) is 5.73. The van der Waals surface area contributed by atoms with E-state index in [0.717, 1.165) is 19.3 Å². The minimum Gasteiger partial charge on any atom is -0.480 e. The van der Waals surface area contributed by atoms with Crippen molar-refractivity contribution in [1.29, 1.82) is 0 Å². The number of hydrogen-bond acceptors (Lipinski definition) is 4. The number of carbonyl (C=O) groups is 1. The van der Waals surface area contributed by atoms with Crippen molar-refractivity contribution in [2.75, 3.05) is 11.4 Å². The molecular weight excluding hydrogens is 222 g/mol. The van der Waals surface area contributed by atoms with Gasteiger partial charge in [-0.2, -0.15) is 0 Å². The second-order valence-corrected chi connectivity index (χ2v) is 4.14. The minimum atomic E-state index is -0.892. The maximum Gasteiger partial charge on any atom is 0.326 e. The van der Waals surface area contributed by atoms with Gasteiger partial charge in [-0.15, -0.1) is 0 Å². The third-order valence-electron chi connectivity index (χ3n) is 3.00. The number of carboxylic acids is 1. The molecule has 2 N–H and O–H groups in total. The number of hydrogen-bond donors (Lipinski definition) is 2. The zero-order valence-corrected chi connectivity index (χ0v) is 9.43. The SMILES string of the molecule is O=C(O)C1CCCCCN1c1ncc[nH]c1=O. The fourth-order valence-electron chi connectivity index (χ4n) is 2.17. The van der Waals surface area contributed by atoms with Crippen molar-refractivity contribution >= 4 is 11.8 Å². The highest BCUT2D eigenvalue weighted by atomic mass is 16.4. The molecule has 0 radical (unpaired) electrons. The molecule has 6 heteroatoms. The summed E-state index contributed by atoms with van der Waals surface area (Å²) in [5.41, 5.74) is -0.333. The lowest BCUT2D eigenvalue weighted by Crippen LogP contribution is -2.43. The molecule has 1 aliphatic heterocycles. The molecule has 2 rings (SSSR count). The van der Waals surface area contributed by atoms with E-state index in [1.54, 1.807) is 4.90 Å². The molecule has 0 amide bonds. The van der Waals surface area contributed by atoms with Crippen LogP contribution in [0.15, 0.2) is 17.2 Å². The summed E-state index contributed by atoms with van der Waals surface area (Å²) in [5.74, 6) is -0.682. The first-order valence-corrected chi connectivity index (χ1v) is 5.73. The summed E-state index contributed by atoms with van der Waals surface area (Å²) in [6, 6.07) is -0.645. The van der Waals surface area contributed by atoms with Crippen LogP contribution in [-0.4, -0.2) is 33.6 Å². The maximum absolute atomic E-state index is 11.6. The van der Waals surface area contributed by atoms with Crippen molar-refractivity contribution in [3.63, 3.8) is 0 Å². The van der Waals surface area contributed by atoms with Gasteiger partial charge >= 0.3 is 5.97 Å². The second kappa shape index (κ2) is 4.99. The minimum absolute atomic E-state index is 0.210. The number of H-pyrrole nitrogens is 1. The van der Waals surface area contributed by atoms with E-state index in [2.05, 4.69) is 9.97 Å². The molecule has 2 heterocycles. The molecule has 1 atom stereocenters. The Kier molecular flexibility index (Phi) is 3.41. The first kappa shape index (κ1) is 11.6. The van der Waals surface area contributed by atoms with Gasteiger partial charge in [0.15, 0.2) is 5.82 Å². The standard InChI is InChI=1S/C11H15N3O3/c15-10-9(12-5-6-13-10)14-7-3-1-2-4-8(14)11(16)17/h5-6,8H,1-4,7H2,(H,13,15)(H,16,17). The van der Waals surface area contributed by atoms with Crippen LogP contribution in [0, 0.1) is 0 Å². The molecule has 1 aliphatic rings. The van der Waals surface area contributed by atoms with Crippen LogP contribution >= 0.6 is 0 Å². The normalized spacial score (nSPS) is 20.9. The predicted octanol–water partition coefficient (Wildman–Crippen LogP) is 0.603. The van der Waals surface area contributed by atoms with E-state index in [9.17, 15) is 14.7 Å². The highest BCUT2D eigenvalue weighted by Gasteiger charge is 2.29. The third-order valence-corrected chi connectivity index (χ3v) is 3.00. The Hall–Kier alpha value is -1.85. The number of aromatic amines is 1. The van der Waals surface area contributed by atoms with Crippen LogP contribution in [0.1, 0.15) is 25.7 Å². The monoisotopic (exact) mass is 237 g/mol. The molecule has 0 spiro atoms.